The maximum absolute atomic E-state index is 12.9. The number of halogens is 1. The van der Waals surface area contributed by atoms with Gasteiger partial charge in [-0.15, -0.1) is 0 Å². The lowest BCUT2D eigenvalue weighted by Gasteiger charge is -2.11. The van der Waals surface area contributed by atoms with Gasteiger partial charge in [-0.1, -0.05) is 18.2 Å². The number of amides is 1. The summed E-state index contributed by atoms with van der Waals surface area (Å²) in [5.74, 6) is -0.630. The number of benzene rings is 2. The van der Waals surface area contributed by atoms with Crippen LogP contribution in [0.15, 0.2) is 67.3 Å². The fraction of sp³-hybridized carbons (Fsp3) is 0.0588. The molecule has 0 radical (unpaired) electrons. The molecule has 1 heterocycles. The summed E-state index contributed by atoms with van der Waals surface area (Å²) in [6.45, 7) is 0.611. The van der Waals surface area contributed by atoms with Crippen molar-refractivity contribution in [1.82, 2.24) is 9.55 Å². The van der Waals surface area contributed by atoms with Gasteiger partial charge >= 0.3 is 0 Å². The van der Waals surface area contributed by atoms with E-state index in [1.54, 1.807) is 12.5 Å². The molecular weight excluding hydrogens is 281 g/mol. The number of nitrogens with one attached hydrogen (secondary N) is 1. The summed E-state index contributed by atoms with van der Waals surface area (Å²) in [4.78, 5) is 16.2. The number of carbonyl (C=O) groups excluding carboxylic acids is 1. The van der Waals surface area contributed by atoms with Gasteiger partial charge in [0.2, 0.25) is 0 Å². The summed E-state index contributed by atoms with van der Waals surface area (Å²) in [5.41, 5.74) is 2.11. The number of para-hydroxylation sites is 1. The van der Waals surface area contributed by atoms with Crippen molar-refractivity contribution in [2.24, 2.45) is 0 Å². The lowest BCUT2D eigenvalue weighted by molar-refractivity contribution is 0.102. The monoisotopic (exact) mass is 295 g/mol. The van der Waals surface area contributed by atoms with Gasteiger partial charge in [0.1, 0.15) is 5.82 Å². The predicted octanol–water partition coefficient (Wildman–Crippen LogP) is 3.32. The number of nitrogens with zero attached hydrogens (tertiary/aromatic N) is 2. The van der Waals surface area contributed by atoms with Crippen molar-refractivity contribution in [3.05, 3.63) is 84.2 Å². The molecule has 0 spiro atoms. The number of carbonyl (C=O) groups is 1. The average Bonchev–Trinajstić information content (AvgIpc) is 3.03. The lowest BCUT2D eigenvalue weighted by Crippen LogP contribution is -2.14. The summed E-state index contributed by atoms with van der Waals surface area (Å²) in [7, 11) is 0. The smallest absolute Gasteiger partial charge is 0.255 e. The van der Waals surface area contributed by atoms with Crippen molar-refractivity contribution < 1.29 is 9.18 Å². The third-order valence-electron chi connectivity index (χ3n) is 3.28. The van der Waals surface area contributed by atoms with Crippen molar-refractivity contribution in [2.45, 2.75) is 6.54 Å². The molecule has 1 amide bonds. The van der Waals surface area contributed by atoms with E-state index in [9.17, 15) is 9.18 Å². The normalized spacial score (nSPS) is 10.4. The van der Waals surface area contributed by atoms with Crippen LogP contribution in [0.5, 0.6) is 0 Å². The maximum Gasteiger partial charge on any atom is 0.255 e. The Morgan fingerprint density at radius 1 is 1.14 bits per heavy atom. The molecule has 0 aliphatic carbocycles. The molecule has 1 N–H and O–H groups in total. The summed E-state index contributed by atoms with van der Waals surface area (Å²) in [6, 6.07) is 13.0. The van der Waals surface area contributed by atoms with Crippen LogP contribution in [0.25, 0.3) is 0 Å². The number of hydrogen-bond donors (Lipinski definition) is 1. The maximum atomic E-state index is 12.9. The number of imidazole rings is 1. The van der Waals surface area contributed by atoms with E-state index in [2.05, 4.69) is 10.3 Å². The Hall–Kier alpha value is -2.95. The Morgan fingerprint density at radius 3 is 2.64 bits per heavy atom. The fourth-order valence-corrected chi connectivity index (χ4v) is 2.15. The molecule has 0 saturated heterocycles. The highest BCUT2D eigenvalue weighted by Crippen LogP contribution is 2.17. The molecule has 0 unspecified atom stereocenters. The molecule has 5 heteroatoms. The Kier molecular flexibility index (Phi) is 3.96. The van der Waals surface area contributed by atoms with Gasteiger partial charge in [-0.3, -0.25) is 4.79 Å². The molecule has 0 aliphatic heterocycles. The zero-order chi connectivity index (χ0) is 15.4. The molecule has 3 rings (SSSR count). The van der Waals surface area contributed by atoms with E-state index in [0.29, 0.717) is 12.1 Å². The zero-order valence-electron chi connectivity index (χ0n) is 11.7. The Balaban J connectivity index is 1.80. The van der Waals surface area contributed by atoms with E-state index < -0.39 is 0 Å². The summed E-state index contributed by atoms with van der Waals surface area (Å²) in [6.07, 6.45) is 5.29. The van der Waals surface area contributed by atoms with Crippen LogP contribution in [-0.2, 0) is 6.54 Å². The SMILES string of the molecule is O=C(Nc1ccccc1Cn1ccnc1)c1ccc(F)cc1. The minimum atomic E-state index is -0.364. The number of anilines is 1. The second-order valence-corrected chi connectivity index (χ2v) is 4.85. The molecular formula is C17H14FN3O. The van der Waals surface area contributed by atoms with E-state index in [-0.39, 0.29) is 11.7 Å². The van der Waals surface area contributed by atoms with E-state index in [1.165, 1.54) is 24.3 Å². The van der Waals surface area contributed by atoms with E-state index in [0.717, 1.165) is 11.3 Å². The summed E-state index contributed by atoms with van der Waals surface area (Å²) < 4.78 is 14.8. The average molecular weight is 295 g/mol. The van der Waals surface area contributed by atoms with Gasteiger partial charge in [-0.2, -0.15) is 0 Å². The highest BCUT2D eigenvalue weighted by molar-refractivity contribution is 6.04. The van der Waals surface area contributed by atoms with Crippen molar-refractivity contribution >= 4 is 11.6 Å². The second kappa shape index (κ2) is 6.22. The van der Waals surface area contributed by atoms with Crippen LogP contribution in [0.4, 0.5) is 10.1 Å². The van der Waals surface area contributed by atoms with Gasteiger partial charge in [0.25, 0.3) is 5.91 Å². The highest BCUT2D eigenvalue weighted by atomic mass is 19.1. The number of aromatic nitrogens is 2. The first kappa shape index (κ1) is 14.0. The van der Waals surface area contributed by atoms with Crippen LogP contribution >= 0.6 is 0 Å². The minimum absolute atomic E-state index is 0.266. The van der Waals surface area contributed by atoms with Crippen LogP contribution in [0.3, 0.4) is 0 Å². The van der Waals surface area contributed by atoms with Gasteiger partial charge in [-0.05, 0) is 35.9 Å². The first-order valence-electron chi connectivity index (χ1n) is 6.83. The third-order valence-corrected chi connectivity index (χ3v) is 3.28. The summed E-state index contributed by atoms with van der Waals surface area (Å²) >= 11 is 0. The second-order valence-electron chi connectivity index (χ2n) is 4.85. The topological polar surface area (TPSA) is 46.9 Å². The first-order chi connectivity index (χ1) is 10.7. The van der Waals surface area contributed by atoms with Crippen molar-refractivity contribution in [2.75, 3.05) is 5.32 Å². The Labute approximate surface area is 127 Å². The van der Waals surface area contributed by atoms with Crippen LogP contribution in [0, 0.1) is 5.82 Å². The molecule has 0 atom stereocenters. The van der Waals surface area contributed by atoms with Gasteiger partial charge in [0, 0.05) is 23.6 Å². The lowest BCUT2D eigenvalue weighted by atomic mass is 10.1. The van der Waals surface area contributed by atoms with Crippen LogP contribution < -0.4 is 5.32 Å². The Bertz CT molecular complexity index is 767. The quantitative estimate of drug-likeness (QED) is 0.802. The third kappa shape index (κ3) is 3.20. The van der Waals surface area contributed by atoms with Gasteiger partial charge in [-0.25, -0.2) is 9.37 Å². The molecule has 0 saturated carbocycles. The van der Waals surface area contributed by atoms with Gasteiger partial charge < -0.3 is 9.88 Å². The fourth-order valence-electron chi connectivity index (χ4n) is 2.15. The van der Waals surface area contributed by atoms with E-state index in [1.807, 2.05) is 35.0 Å². The molecule has 3 aromatic rings. The zero-order valence-corrected chi connectivity index (χ0v) is 11.7. The largest absolute Gasteiger partial charge is 0.333 e. The molecule has 0 fully saturated rings. The highest BCUT2D eigenvalue weighted by Gasteiger charge is 2.09. The predicted molar refractivity (Wildman–Crippen MR) is 82.1 cm³/mol. The van der Waals surface area contributed by atoms with Crippen molar-refractivity contribution in [3.63, 3.8) is 0 Å². The standard InChI is InChI=1S/C17H14FN3O/c18-15-7-5-13(6-8-15)17(22)20-16-4-2-1-3-14(16)11-21-10-9-19-12-21/h1-10,12H,11H2,(H,20,22). The molecule has 0 bridgehead atoms. The number of hydrogen-bond acceptors (Lipinski definition) is 2. The number of rotatable bonds is 4. The molecule has 110 valence electrons. The van der Waals surface area contributed by atoms with Crippen LogP contribution in [-0.4, -0.2) is 15.5 Å². The van der Waals surface area contributed by atoms with Crippen molar-refractivity contribution in [1.29, 1.82) is 0 Å². The molecule has 1 aromatic heterocycles. The van der Waals surface area contributed by atoms with E-state index in [4.69, 9.17) is 0 Å². The molecule has 4 nitrogen and oxygen atoms in total. The first-order valence-corrected chi connectivity index (χ1v) is 6.83. The van der Waals surface area contributed by atoms with Crippen LogP contribution in [0.2, 0.25) is 0 Å². The van der Waals surface area contributed by atoms with Crippen LogP contribution in [0.1, 0.15) is 15.9 Å². The summed E-state index contributed by atoms with van der Waals surface area (Å²) in [5, 5.41) is 2.86. The molecule has 2 aromatic carbocycles. The van der Waals surface area contributed by atoms with Crippen molar-refractivity contribution in [3.8, 4) is 0 Å². The van der Waals surface area contributed by atoms with Gasteiger partial charge in [0.05, 0.1) is 12.9 Å². The molecule has 22 heavy (non-hydrogen) atoms. The van der Waals surface area contributed by atoms with E-state index >= 15 is 0 Å². The minimum Gasteiger partial charge on any atom is -0.333 e. The Morgan fingerprint density at radius 2 is 1.91 bits per heavy atom. The molecule has 0 aliphatic rings. The van der Waals surface area contributed by atoms with Gasteiger partial charge in [0.15, 0.2) is 0 Å².